The lowest BCUT2D eigenvalue weighted by atomic mass is 9.75. The van der Waals surface area contributed by atoms with E-state index in [1.165, 1.54) is 0 Å². The summed E-state index contributed by atoms with van der Waals surface area (Å²) in [5.74, 6) is -0.131. The summed E-state index contributed by atoms with van der Waals surface area (Å²) in [6.07, 6.45) is 1.46. The molecule has 3 N–H and O–H groups in total. The van der Waals surface area contributed by atoms with Crippen LogP contribution in [0.1, 0.15) is 32.6 Å². The Kier molecular flexibility index (Phi) is 5.37. The van der Waals surface area contributed by atoms with Gasteiger partial charge in [-0.3, -0.25) is 4.79 Å². The van der Waals surface area contributed by atoms with Gasteiger partial charge in [-0.25, -0.2) is 13.1 Å². The summed E-state index contributed by atoms with van der Waals surface area (Å²) in [7, 11) is -3.29. The first kappa shape index (κ1) is 18.6. The number of amides is 1. The standard InChI is InChI=1S/C14H26N2O6S/c1-13(19)6-10-22-14(12(13)18)4-8-16(9-5-14)11(17)3-7-15-23(2,20)21/h12,15,18-19H,3-10H2,1-2H3/t12-,13+/m0/s1. The first-order chi connectivity index (χ1) is 10.6. The number of carbonyl (C=O) groups is 1. The molecule has 0 saturated carbocycles. The summed E-state index contributed by atoms with van der Waals surface area (Å²) in [6, 6.07) is 0. The number of nitrogens with zero attached hydrogens (tertiary/aromatic N) is 1. The van der Waals surface area contributed by atoms with Crippen molar-refractivity contribution >= 4 is 15.9 Å². The van der Waals surface area contributed by atoms with Gasteiger partial charge >= 0.3 is 0 Å². The van der Waals surface area contributed by atoms with E-state index in [0.29, 0.717) is 39.0 Å². The highest BCUT2D eigenvalue weighted by molar-refractivity contribution is 7.88. The summed E-state index contributed by atoms with van der Waals surface area (Å²) in [6.45, 7) is 2.91. The largest absolute Gasteiger partial charge is 0.387 e. The number of hydrogen-bond acceptors (Lipinski definition) is 6. The molecule has 0 radical (unpaired) electrons. The van der Waals surface area contributed by atoms with Crippen LogP contribution in [0.25, 0.3) is 0 Å². The molecule has 2 atom stereocenters. The maximum absolute atomic E-state index is 12.1. The minimum absolute atomic E-state index is 0.0765. The Hall–Kier alpha value is -0.740. The lowest BCUT2D eigenvalue weighted by molar-refractivity contribution is -0.245. The number of sulfonamides is 1. The van der Waals surface area contributed by atoms with E-state index < -0.39 is 27.3 Å². The van der Waals surface area contributed by atoms with Crippen LogP contribution in [0.5, 0.6) is 0 Å². The van der Waals surface area contributed by atoms with Crippen molar-refractivity contribution in [3.63, 3.8) is 0 Å². The van der Waals surface area contributed by atoms with Crippen LogP contribution in [-0.2, 0) is 19.6 Å². The molecule has 23 heavy (non-hydrogen) atoms. The zero-order valence-corrected chi connectivity index (χ0v) is 14.4. The molecular weight excluding hydrogens is 324 g/mol. The molecule has 2 aliphatic rings. The van der Waals surface area contributed by atoms with Gasteiger partial charge in [0, 0.05) is 32.5 Å². The molecule has 2 fully saturated rings. The first-order valence-corrected chi connectivity index (χ1v) is 9.72. The highest BCUT2D eigenvalue weighted by Crippen LogP contribution is 2.39. The van der Waals surface area contributed by atoms with E-state index in [1.54, 1.807) is 11.8 Å². The Labute approximate surface area is 136 Å². The molecule has 2 rings (SSSR count). The summed E-state index contributed by atoms with van der Waals surface area (Å²) < 4.78 is 30.0. The van der Waals surface area contributed by atoms with Gasteiger partial charge in [-0.05, 0) is 19.8 Å². The highest BCUT2D eigenvalue weighted by atomic mass is 32.2. The van der Waals surface area contributed by atoms with E-state index in [0.717, 1.165) is 6.26 Å². The number of nitrogens with one attached hydrogen (secondary N) is 1. The first-order valence-electron chi connectivity index (χ1n) is 7.83. The second-order valence-electron chi connectivity index (χ2n) is 6.72. The van der Waals surface area contributed by atoms with Gasteiger partial charge in [-0.15, -0.1) is 0 Å². The molecule has 0 aromatic rings. The lowest BCUT2D eigenvalue weighted by Crippen LogP contribution is -2.64. The van der Waals surface area contributed by atoms with E-state index in [-0.39, 0.29) is 18.9 Å². The van der Waals surface area contributed by atoms with Gasteiger partial charge in [0.2, 0.25) is 15.9 Å². The van der Waals surface area contributed by atoms with Crippen LogP contribution in [0.15, 0.2) is 0 Å². The average Bonchev–Trinajstić information content (AvgIpc) is 2.44. The molecular formula is C14H26N2O6S. The number of ether oxygens (including phenoxy) is 1. The predicted molar refractivity (Wildman–Crippen MR) is 83.2 cm³/mol. The second kappa shape index (κ2) is 6.64. The van der Waals surface area contributed by atoms with Crippen LogP contribution in [0.3, 0.4) is 0 Å². The Morgan fingerprint density at radius 3 is 2.52 bits per heavy atom. The maximum atomic E-state index is 12.1. The predicted octanol–water partition coefficient (Wildman–Crippen LogP) is -1.18. The fourth-order valence-electron chi connectivity index (χ4n) is 3.30. The van der Waals surface area contributed by atoms with Gasteiger partial charge in [0.15, 0.2) is 0 Å². The van der Waals surface area contributed by atoms with Crippen LogP contribution in [-0.4, -0.2) is 79.2 Å². The van der Waals surface area contributed by atoms with Gasteiger partial charge < -0.3 is 19.8 Å². The highest BCUT2D eigenvalue weighted by Gasteiger charge is 2.52. The molecule has 0 unspecified atom stereocenters. The Balaban J connectivity index is 1.87. The molecule has 134 valence electrons. The number of rotatable bonds is 4. The molecule has 0 bridgehead atoms. The van der Waals surface area contributed by atoms with Crippen LogP contribution in [0, 0.1) is 0 Å². The topological polar surface area (TPSA) is 116 Å². The zero-order chi connectivity index (χ0) is 17.3. The SMILES string of the molecule is C[C@@]1(O)CCOC2(CCN(C(=O)CCNS(C)(=O)=O)CC2)[C@H]1O. The van der Waals surface area contributed by atoms with E-state index in [2.05, 4.69) is 4.72 Å². The zero-order valence-electron chi connectivity index (χ0n) is 13.6. The number of aliphatic hydroxyl groups is 2. The summed E-state index contributed by atoms with van der Waals surface area (Å²) in [4.78, 5) is 13.7. The van der Waals surface area contributed by atoms with Crippen LogP contribution in [0.4, 0.5) is 0 Å². The van der Waals surface area contributed by atoms with Gasteiger partial charge in [-0.1, -0.05) is 0 Å². The van der Waals surface area contributed by atoms with E-state index in [1.807, 2.05) is 0 Å². The van der Waals surface area contributed by atoms with Crippen molar-refractivity contribution in [3.8, 4) is 0 Å². The number of aliphatic hydroxyl groups excluding tert-OH is 1. The molecule has 0 aliphatic carbocycles. The Morgan fingerprint density at radius 1 is 1.35 bits per heavy atom. The fraction of sp³-hybridized carbons (Fsp3) is 0.929. The minimum atomic E-state index is -3.29. The summed E-state index contributed by atoms with van der Waals surface area (Å²) >= 11 is 0. The minimum Gasteiger partial charge on any atom is -0.387 e. The van der Waals surface area contributed by atoms with Crippen LogP contribution < -0.4 is 4.72 Å². The molecule has 1 amide bonds. The van der Waals surface area contributed by atoms with E-state index in [9.17, 15) is 23.4 Å². The fourth-order valence-corrected chi connectivity index (χ4v) is 3.77. The van der Waals surface area contributed by atoms with Crippen molar-refractivity contribution in [1.29, 1.82) is 0 Å². The summed E-state index contributed by atoms with van der Waals surface area (Å²) in [5.41, 5.74) is -1.98. The smallest absolute Gasteiger partial charge is 0.223 e. The molecule has 9 heteroatoms. The van der Waals surface area contributed by atoms with Crippen molar-refractivity contribution in [2.45, 2.75) is 49.9 Å². The lowest BCUT2D eigenvalue weighted by Gasteiger charge is -2.51. The van der Waals surface area contributed by atoms with Gasteiger partial charge in [-0.2, -0.15) is 0 Å². The van der Waals surface area contributed by atoms with E-state index in [4.69, 9.17) is 4.74 Å². The van der Waals surface area contributed by atoms with Crippen LogP contribution in [0.2, 0.25) is 0 Å². The number of piperidine rings is 1. The molecule has 2 heterocycles. The van der Waals surface area contributed by atoms with Crippen molar-refractivity contribution in [2.75, 3.05) is 32.5 Å². The van der Waals surface area contributed by atoms with Gasteiger partial charge in [0.1, 0.15) is 11.7 Å². The van der Waals surface area contributed by atoms with Crippen molar-refractivity contribution < 1.29 is 28.2 Å². The maximum Gasteiger partial charge on any atom is 0.223 e. The molecule has 0 aromatic heterocycles. The average molecular weight is 350 g/mol. The quantitative estimate of drug-likeness (QED) is 0.588. The Morgan fingerprint density at radius 2 is 1.96 bits per heavy atom. The summed E-state index contributed by atoms with van der Waals surface area (Å²) in [5, 5.41) is 20.7. The molecule has 0 aromatic carbocycles. The van der Waals surface area contributed by atoms with Crippen molar-refractivity contribution in [2.24, 2.45) is 0 Å². The molecule has 1 spiro atoms. The van der Waals surface area contributed by atoms with Crippen LogP contribution >= 0.6 is 0 Å². The van der Waals surface area contributed by atoms with Crippen molar-refractivity contribution in [1.82, 2.24) is 9.62 Å². The van der Waals surface area contributed by atoms with E-state index >= 15 is 0 Å². The van der Waals surface area contributed by atoms with Gasteiger partial charge in [0.05, 0.1) is 18.5 Å². The second-order valence-corrected chi connectivity index (χ2v) is 8.55. The monoisotopic (exact) mass is 350 g/mol. The Bertz CT molecular complexity index is 539. The number of carbonyl (C=O) groups excluding carboxylic acids is 1. The van der Waals surface area contributed by atoms with Gasteiger partial charge in [0.25, 0.3) is 0 Å². The molecule has 2 saturated heterocycles. The normalized spacial score (nSPS) is 31.3. The third-order valence-electron chi connectivity index (χ3n) is 4.75. The molecule has 2 aliphatic heterocycles. The van der Waals surface area contributed by atoms with Crippen molar-refractivity contribution in [3.05, 3.63) is 0 Å². The number of hydrogen-bond donors (Lipinski definition) is 3. The third kappa shape index (κ3) is 4.42. The third-order valence-corrected chi connectivity index (χ3v) is 5.48. The molecule has 8 nitrogen and oxygen atoms in total. The number of likely N-dealkylation sites (tertiary alicyclic amines) is 1.